The van der Waals surface area contributed by atoms with E-state index in [2.05, 4.69) is 20.9 Å². The van der Waals surface area contributed by atoms with Gasteiger partial charge in [0, 0.05) is 24.6 Å². The Hall–Kier alpha value is -2.28. The average Bonchev–Trinajstić information content (AvgIpc) is 2.70. The molecule has 0 N–H and O–H groups in total. The highest BCUT2D eigenvalue weighted by Gasteiger charge is 2.47. The van der Waals surface area contributed by atoms with E-state index in [4.69, 9.17) is 4.74 Å². The van der Waals surface area contributed by atoms with Gasteiger partial charge in [0.1, 0.15) is 10.4 Å². The van der Waals surface area contributed by atoms with Crippen LogP contribution in [-0.2, 0) is 16.0 Å². The number of hydrogen-bond acceptors (Lipinski definition) is 4. The van der Waals surface area contributed by atoms with Gasteiger partial charge in [-0.05, 0) is 66.4 Å². The number of carbonyl (C=O) groups excluding carboxylic acids is 2. The van der Waals surface area contributed by atoms with Gasteiger partial charge in [-0.3, -0.25) is 9.59 Å². The summed E-state index contributed by atoms with van der Waals surface area (Å²) in [5.41, 5.74) is 0.862. The number of pyridine rings is 1. The summed E-state index contributed by atoms with van der Waals surface area (Å²) >= 11 is 3.26. The molecule has 154 valence electrons. The van der Waals surface area contributed by atoms with Crippen LogP contribution in [0, 0.1) is 18.2 Å². The largest absolute Gasteiger partial charge is 0.469 e. The standard InChI is InChI=1S/C22H24BrFN2O3/c1-14-6-4-5-7-16(14)20(27)26-11-10-22(12-15(26)2,21(28)29-3)13-18-17(24)8-9-19(23)25-18/h4-9,15H,10-13H2,1-3H3/t15-,22-/m1/s1. The molecule has 1 aliphatic rings. The van der Waals surface area contributed by atoms with E-state index < -0.39 is 17.2 Å². The molecule has 1 fully saturated rings. The number of amides is 1. The maximum Gasteiger partial charge on any atom is 0.312 e. The fourth-order valence-electron chi connectivity index (χ4n) is 4.14. The number of aryl methyl sites for hydroxylation is 1. The van der Waals surface area contributed by atoms with Crippen molar-refractivity contribution in [3.63, 3.8) is 0 Å². The Morgan fingerprint density at radius 3 is 2.69 bits per heavy atom. The molecular formula is C22H24BrFN2O3. The quantitative estimate of drug-likeness (QED) is 0.501. The summed E-state index contributed by atoms with van der Waals surface area (Å²) in [5.74, 6) is -0.906. The third-order valence-electron chi connectivity index (χ3n) is 5.69. The normalized spacial score (nSPS) is 21.7. The topological polar surface area (TPSA) is 59.5 Å². The third-order valence-corrected chi connectivity index (χ3v) is 6.14. The lowest BCUT2D eigenvalue weighted by atomic mass is 9.72. The lowest BCUT2D eigenvalue weighted by Gasteiger charge is -2.44. The highest BCUT2D eigenvalue weighted by molar-refractivity contribution is 9.10. The zero-order valence-electron chi connectivity index (χ0n) is 16.7. The molecule has 0 spiro atoms. The molecule has 5 nitrogen and oxygen atoms in total. The van der Waals surface area contributed by atoms with Gasteiger partial charge in [0.25, 0.3) is 5.91 Å². The van der Waals surface area contributed by atoms with Crippen molar-refractivity contribution in [1.29, 1.82) is 0 Å². The predicted molar refractivity (Wildman–Crippen MR) is 111 cm³/mol. The van der Waals surface area contributed by atoms with Crippen LogP contribution in [0.2, 0.25) is 0 Å². The van der Waals surface area contributed by atoms with E-state index in [9.17, 15) is 14.0 Å². The molecule has 1 amide bonds. The molecule has 1 saturated heterocycles. The second-order valence-corrected chi connectivity index (χ2v) is 8.44. The van der Waals surface area contributed by atoms with Crippen molar-refractivity contribution in [2.45, 2.75) is 39.2 Å². The molecule has 2 atom stereocenters. The molecule has 29 heavy (non-hydrogen) atoms. The molecule has 1 aromatic carbocycles. The molecular weight excluding hydrogens is 439 g/mol. The number of rotatable bonds is 4. The van der Waals surface area contributed by atoms with Gasteiger partial charge < -0.3 is 9.64 Å². The number of ether oxygens (including phenoxy) is 1. The van der Waals surface area contributed by atoms with E-state index in [0.29, 0.717) is 29.6 Å². The summed E-state index contributed by atoms with van der Waals surface area (Å²) in [5, 5.41) is 0. The number of hydrogen-bond donors (Lipinski definition) is 0. The van der Waals surface area contributed by atoms with E-state index in [0.717, 1.165) is 5.56 Å². The van der Waals surface area contributed by atoms with Crippen LogP contribution < -0.4 is 0 Å². The molecule has 0 bridgehead atoms. The Bertz CT molecular complexity index is 936. The maximum absolute atomic E-state index is 14.3. The first-order valence-corrected chi connectivity index (χ1v) is 10.3. The molecule has 2 heterocycles. The summed E-state index contributed by atoms with van der Waals surface area (Å²) in [7, 11) is 1.34. The number of piperidine rings is 1. The van der Waals surface area contributed by atoms with Crippen molar-refractivity contribution in [2.24, 2.45) is 5.41 Å². The number of esters is 1. The number of methoxy groups -OCH3 is 1. The number of halogens is 2. The highest BCUT2D eigenvalue weighted by atomic mass is 79.9. The first kappa shape index (κ1) is 21.4. The molecule has 1 aromatic heterocycles. The first-order valence-electron chi connectivity index (χ1n) is 9.53. The minimum Gasteiger partial charge on any atom is -0.469 e. The van der Waals surface area contributed by atoms with Crippen LogP contribution in [0.5, 0.6) is 0 Å². The molecule has 2 aromatic rings. The van der Waals surface area contributed by atoms with Crippen LogP contribution in [0.25, 0.3) is 0 Å². The monoisotopic (exact) mass is 462 g/mol. The number of carbonyl (C=O) groups is 2. The Balaban J connectivity index is 1.87. The number of benzene rings is 1. The van der Waals surface area contributed by atoms with Gasteiger partial charge in [-0.2, -0.15) is 0 Å². The van der Waals surface area contributed by atoms with Gasteiger partial charge in [-0.15, -0.1) is 0 Å². The Kier molecular flexibility index (Phi) is 6.36. The van der Waals surface area contributed by atoms with Crippen molar-refractivity contribution in [1.82, 2.24) is 9.88 Å². The van der Waals surface area contributed by atoms with Gasteiger partial charge in [0.05, 0.1) is 18.2 Å². The van der Waals surface area contributed by atoms with Crippen LogP contribution in [0.1, 0.15) is 41.4 Å². The zero-order valence-corrected chi connectivity index (χ0v) is 18.3. The lowest BCUT2D eigenvalue weighted by molar-refractivity contribution is -0.156. The fourth-order valence-corrected chi connectivity index (χ4v) is 4.48. The molecule has 0 saturated carbocycles. The van der Waals surface area contributed by atoms with Crippen molar-refractivity contribution >= 4 is 27.8 Å². The molecule has 0 unspecified atom stereocenters. The summed E-state index contributed by atoms with van der Waals surface area (Å²) in [6.45, 7) is 4.21. The second kappa shape index (κ2) is 8.61. The van der Waals surface area contributed by atoms with E-state index in [1.54, 1.807) is 4.90 Å². The van der Waals surface area contributed by atoms with Gasteiger partial charge in [-0.25, -0.2) is 9.37 Å². The second-order valence-electron chi connectivity index (χ2n) is 7.63. The van der Waals surface area contributed by atoms with E-state index >= 15 is 0 Å². The molecule has 0 radical (unpaired) electrons. The Morgan fingerprint density at radius 2 is 2.03 bits per heavy atom. The van der Waals surface area contributed by atoms with Gasteiger partial charge in [0.15, 0.2) is 0 Å². The number of nitrogens with zero attached hydrogens (tertiary/aromatic N) is 2. The van der Waals surface area contributed by atoms with E-state index in [1.165, 1.54) is 19.2 Å². The van der Waals surface area contributed by atoms with Crippen molar-refractivity contribution < 1.29 is 18.7 Å². The third kappa shape index (κ3) is 4.34. The zero-order chi connectivity index (χ0) is 21.2. The smallest absolute Gasteiger partial charge is 0.312 e. The van der Waals surface area contributed by atoms with Gasteiger partial charge in [-0.1, -0.05) is 18.2 Å². The van der Waals surface area contributed by atoms with Crippen LogP contribution in [0.15, 0.2) is 41.0 Å². The number of aromatic nitrogens is 1. The van der Waals surface area contributed by atoms with Gasteiger partial charge >= 0.3 is 5.97 Å². The highest BCUT2D eigenvalue weighted by Crippen LogP contribution is 2.40. The maximum atomic E-state index is 14.3. The van der Waals surface area contributed by atoms with Crippen LogP contribution in [-0.4, -0.2) is 41.5 Å². The minimum atomic E-state index is -0.925. The first-order chi connectivity index (χ1) is 13.8. The van der Waals surface area contributed by atoms with Crippen molar-refractivity contribution in [3.05, 3.63) is 63.6 Å². The van der Waals surface area contributed by atoms with Crippen LogP contribution in [0.4, 0.5) is 4.39 Å². The van der Waals surface area contributed by atoms with E-state index in [-0.39, 0.29) is 24.1 Å². The van der Waals surface area contributed by atoms with Crippen molar-refractivity contribution in [2.75, 3.05) is 13.7 Å². The lowest BCUT2D eigenvalue weighted by Crippen LogP contribution is -2.52. The van der Waals surface area contributed by atoms with Crippen LogP contribution >= 0.6 is 15.9 Å². The van der Waals surface area contributed by atoms with Crippen LogP contribution in [0.3, 0.4) is 0 Å². The van der Waals surface area contributed by atoms with Crippen molar-refractivity contribution in [3.8, 4) is 0 Å². The number of likely N-dealkylation sites (tertiary alicyclic amines) is 1. The molecule has 0 aliphatic carbocycles. The SMILES string of the molecule is COC(=O)[C@]1(Cc2nc(Br)ccc2F)CCN(C(=O)c2ccccc2C)[C@H](C)C1. The fraction of sp³-hybridized carbons (Fsp3) is 0.409. The van der Waals surface area contributed by atoms with E-state index in [1.807, 2.05) is 38.1 Å². The Labute approximate surface area is 178 Å². The van der Waals surface area contributed by atoms with Gasteiger partial charge in [0.2, 0.25) is 0 Å². The summed E-state index contributed by atoms with van der Waals surface area (Å²) < 4.78 is 19.9. The molecule has 3 rings (SSSR count). The Morgan fingerprint density at radius 1 is 1.31 bits per heavy atom. The molecule has 1 aliphatic heterocycles. The average molecular weight is 463 g/mol. The molecule has 7 heteroatoms. The summed E-state index contributed by atoms with van der Waals surface area (Å²) in [6.07, 6.45) is 0.891. The predicted octanol–water partition coefficient (Wildman–Crippen LogP) is 4.32. The summed E-state index contributed by atoms with van der Waals surface area (Å²) in [4.78, 5) is 31.8. The minimum absolute atomic E-state index is 0.0548. The summed E-state index contributed by atoms with van der Waals surface area (Å²) in [6, 6.07) is 10.1.